The van der Waals surface area contributed by atoms with Gasteiger partial charge < -0.3 is 14.6 Å². The third-order valence-corrected chi connectivity index (χ3v) is 5.74. The number of aliphatic hydroxyl groups is 1. The van der Waals surface area contributed by atoms with Crippen molar-refractivity contribution in [2.75, 3.05) is 0 Å². The first-order valence-corrected chi connectivity index (χ1v) is 10.0. The molecule has 0 radical (unpaired) electrons. The van der Waals surface area contributed by atoms with Crippen molar-refractivity contribution in [3.05, 3.63) is 23.7 Å². The van der Waals surface area contributed by atoms with Crippen LogP contribution < -0.4 is 0 Å². The Bertz CT molecular complexity index is 1110. The van der Waals surface area contributed by atoms with Crippen LogP contribution in [0.15, 0.2) is 23.7 Å². The van der Waals surface area contributed by atoms with Crippen molar-refractivity contribution in [2.24, 2.45) is 29.5 Å². The SMILES string of the molecule is [2H]C1=C([2H])[C@]([2H])(C)[C@H](CCC2C[C@@H](O)CC(=O)O2)[C@@H]2C1=C([2H])[C@]([2H])(C([2H])([2H])[2H])C([2H])([2H])[C@@H]2OC(=O)[C@@]([2H])(C)CC. The second-order valence-corrected chi connectivity index (χ2v) is 7.87. The lowest BCUT2D eigenvalue weighted by atomic mass is 9.65. The Morgan fingerprint density at radius 3 is 3.07 bits per heavy atom. The van der Waals surface area contributed by atoms with E-state index in [2.05, 4.69) is 0 Å². The van der Waals surface area contributed by atoms with E-state index in [4.69, 9.17) is 24.6 Å². The Morgan fingerprint density at radius 2 is 2.38 bits per heavy atom. The summed E-state index contributed by atoms with van der Waals surface area (Å²) in [6.07, 6.45) is -7.23. The molecule has 0 aromatic heterocycles. The number of aliphatic hydroxyl groups excluding tert-OH is 1. The molecule has 162 valence electrons. The molecule has 3 rings (SSSR count). The molecule has 1 saturated heterocycles. The van der Waals surface area contributed by atoms with Gasteiger partial charge in [0.25, 0.3) is 0 Å². The van der Waals surface area contributed by atoms with Gasteiger partial charge in [-0.3, -0.25) is 9.59 Å². The maximum absolute atomic E-state index is 13.1. The normalized spacial score (nSPS) is 52.8. The molecule has 5 nitrogen and oxygen atoms in total. The number of carbonyl (C=O) groups is 2. The number of fused-ring (bicyclic) bond motifs is 1. The quantitative estimate of drug-likeness (QED) is 0.658. The minimum absolute atomic E-state index is 0.0414. The number of hydrogen-bond acceptors (Lipinski definition) is 5. The van der Waals surface area contributed by atoms with Crippen LogP contribution in [0, 0.1) is 29.5 Å². The summed E-state index contributed by atoms with van der Waals surface area (Å²) in [5.74, 6) is -11.6. The molecule has 1 unspecified atom stereocenters. The minimum Gasteiger partial charge on any atom is -0.462 e. The number of esters is 2. The van der Waals surface area contributed by atoms with Crippen LogP contribution in [0.4, 0.5) is 0 Å². The number of carbonyl (C=O) groups excluding carboxylic acids is 2. The van der Waals surface area contributed by atoms with Crippen molar-refractivity contribution in [3.63, 3.8) is 0 Å². The van der Waals surface area contributed by atoms with Gasteiger partial charge in [-0.1, -0.05) is 45.8 Å². The zero-order chi connectivity index (χ0) is 30.8. The van der Waals surface area contributed by atoms with Gasteiger partial charge in [-0.2, -0.15) is 0 Å². The van der Waals surface area contributed by atoms with E-state index in [1.807, 2.05) is 0 Å². The van der Waals surface area contributed by atoms with Crippen molar-refractivity contribution in [1.29, 1.82) is 0 Å². The van der Waals surface area contributed by atoms with E-state index in [1.54, 1.807) is 0 Å². The lowest BCUT2D eigenvalue weighted by Crippen LogP contribution is -2.42. The minimum atomic E-state index is -3.46. The Kier molecular flexibility index (Phi) is 3.81. The topological polar surface area (TPSA) is 72.8 Å². The molecule has 0 amide bonds. The summed E-state index contributed by atoms with van der Waals surface area (Å²) in [6.45, 7) is 0.594. The highest BCUT2D eigenvalue weighted by atomic mass is 16.5. The molecule has 29 heavy (non-hydrogen) atoms. The van der Waals surface area contributed by atoms with Gasteiger partial charge in [0.15, 0.2) is 0 Å². The summed E-state index contributed by atoms with van der Waals surface area (Å²) in [7, 11) is 0. The molecule has 3 aliphatic rings. The fraction of sp³-hybridized carbons (Fsp3) is 0.750. The van der Waals surface area contributed by atoms with Crippen molar-refractivity contribution in [1.82, 2.24) is 0 Å². The van der Waals surface area contributed by atoms with Gasteiger partial charge in [-0.15, -0.1) is 0 Å². The van der Waals surface area contributed by atoms with Crippen molar-refractivity contribution in [2.45, 2.75) is 84.4 Å². The fourth-order valence-corrected chi connectivity index (χ4v) is 3.95. The Labute approximate surface area is 190 Å². The van der Waals surface area contributed by atoms with Crippen molar-refractivity contribution in [3.8, 4) is 0 Å². The molecule has 0 spiro atoms. The molecule has 5 heteroatoms. The molecule has 1 N–H and O–H groups in total. The summed E-state index contributed by atoms with van der Waals surface area (Å²) >= 11 is 0. The highest BCUT2D eigenvalue weighted by Crippen LogP contribution is 2.45. The number of rotatable bonds is 6. The zero-order valence-corrected chi connectivity index (χ0v) is 17.0. The maximum Gasteiger partial charge on any atom is 0.308 e. The first-order chi connectivity index (χ1) is 18.1. The van der Waals surface area contributed by atoms with Gasteiger partial charge in [0.05, 0.1) is 22.5 Å². The van der Waals surface area contributed by atoms with Crippen molar-refractivity contribution >= 4 is 11.9 Å². The lowest BCUT2D eigenvalue weighted by Gasteiger charge is -2.43. The second-order valence-electron chi connectivity index (χ2n) is 7.87. The largest absolute Gasteiger partial charge is 0.462 e. The molecule has 0 aromatic carbocycles. The average molecular weight is 416 g/mol. The lowest BCUT2D eigenvalue weighted by molar-refractivity contribution is -0.162. The van der Waals surface area contributed by atoms with Crippen LogP contribution in [0.1, 0.15) is 81.2 Å². The monoisotopic (exact) mass is 415 g/mol. The Balaban J connectivity index is 2.25. The molecule has 2 aliphatic carbocycles. The molecule has 1 heterocycles. The number of ether oxygens (including phenoxy) is 2. The predicted molar refractivity (Wildman–Crippen MR) is 111 cm³/mol. The maximum atomic E-state index is 13.1. The summed E-state index contributed by atoms with van der Waals surface area (Å²) in [5.41, 5.74) is -0.470. The molecular weight excluding hydrogens is 368 g/mol. The molecule has 0 saturated carbocycles. The Morgan fingerprint density at radius 1 is 1.59 bits per heavy atom. The standard InChI is InChI=1S/C24H36O5/c1-5-15(3)24(27)29-21-11-14(2)10-17-7-6-16(4)20(23(17)21)9-8-19-12-18(25)13-22(26)28-19/h6-7,10,14-16,18-21,23,25H,5,8-9,11-13H2,1-4H3/t14-,15-,16-,18+,19?,20-,21-,23-/m0/s1/i2D3,6D,7D,10D,11D2,14D,15D,16D. The molecular formula is C24H36O5. The van der Waals surface area contributed by atoms with Crippen LogP contribution >= 0.6 is 0 Å². The van der Waals surface area contributed by atoms with Crippen LogP contribution in [-0.2, 0) is 19.1 Å². The first kappa shape index (κ1) is 11.7. The van der Waals surface area contributed by atoms with Gasteiger partial charge in [0.2, 0.25) is 0 Å². The van der Waals surface area contributed by atoms with Crippen LogP contribution in [-0.4, -0.2) is 35.4 Å². The smallest absolute Gasteiger partial charge is 0.308 e. The third-order valence-electron chi connectivity index (χ3n) is 5.74. The summed E-state index contributed by atoms with van der Waals surface area (Å²) in [4.78, 5) is 25.0. The van der Waals surface area contributed by atoms with Crippen LogP contribution in [0.25, 0.3) is 0 Å². The Hall–Kier alpha value is -1.62. The molecule has 8 atom stereocenters. The van der Waals surface area contributed by atoms with E-state index in [-0.39, 0.29) is 32.1 Å². The molecule has 1 fully saturated rings. The fourth-order valence-electron chi connectivity index (χ4n) is 3.95. The van der Waals surface area contributed by atoms with E-state index in [0.29, 0.717) is 0 Å². The molecule has 0 bridgehead atoms. The first-order valence-electron chi connectivity index (χ1n) is 15.5. The number of hydrogen-bond donors (Lipinski definition) is 1. The summed E-state index contributed by atoms with van der Waals surface area (Å²) in [6, 6.07) is -2.37. The summed E-state index contributed by atoms with van der Waals surface area (Å²) < 4.78 is 105. The van der Waals surface area contributed by atoms with E-state index < -0.39 is 96.7 Å². The van der Waals surface area contributed by atoms with E-state index in [0.717, 1.165) is 0 Å². The van der Waals surface area contributed by atoms with Gasteiger partial charge in [0, 0.05) is 23.3 Å². The number of allylic oxidation sites excluding steroid dienone is 3. The number of cyclic esters (lactones) is 1. The van der Waals surface area contributed by atoms with Gasteiger partial charge >= 0.3 is 11.9 Å². The summed E-state index contributed by atoms with van der Waals surface area (Å²) in [5, 5.41) is 10.0. The highest BCUT2D eigenvalue weighted by molar-refractivity contribution is 5.72. The average Bonchev–Trinajstić information content (AvgIpc) is 2.82. The van der Waals surface area contributed by atoms with Gasteiger partial charge in [0.1, 0.15) is 12.2 Å². The highest BCUT2D eigenvalue weighted by Gasteiger charge is 2.42. The van der Waals surface area contributed by atoms with Crippen LogP contribution in [0.5, 0.6) is 0 Å². The van der Waals surface area contributed by atoms with Crippen molar-refractivity contribution < 1.29 is 39.2 Å². The van der Waals surface area contributed by atoms with Crippen LogP contribution in [0.2, 0.25) is 0 Å². The molecule has 0 aromatic rings. The molecule has 1 aliphatic heterocycles. The van der Waals surface area contributed by atoms with E-state index >= 15 is 0 Å². The second kappa shape index (κ2) is 9.46. The third kappa shape index (κ3) is 5.30. The predicted octanol–water partition coefficient (Wildman–Crippen LogP) is 4.20. The van der Waals surface area contributed by atoms with Crippen LogP contribution in [0.3, 0.4) is 0 Å². The van der Waals surface area contributed by atoms with Gasteiger partial charge in [-0.05, 0) is 48.9 Å². The zero-order valence-electron chi connectivity index (χ0n) is 28.0. The van der Waals surface area contributed by atoms with E-state index in [1.165, 1.54) is 20.8 Å². The van der Waals surface area contributed by atoms with Gasteiger partial charge in [-0.25, -0.2) is 0 Å². The van der Waals surface area contributed by atoms with E-state index in [9.17, 15) is 14.7 Å².